The van der Waals surface area contributed by atoms with Gasteiger partial charge in [0.1, 0.15) is 51.9 Å². The number of hydrazone groups is 1. The van der Waals surface area contributed by atoms with Gasteiger partial charge in [-0.2, -0.15) is 15.2 Å². The van der Waals surface area contributed by atoms with Crippen LogP contribution in [0.4, 0.5) is 5.69 Å². The Hall–Kier alpha value is -5.21. The Morgan fingerprint density at radius 3 is 1.69 bits per heavy atom. The van der Waals surface area contributed by atoms with Crippen molar-refractivity contribution in [2.75, 3.05) is 5.01 Å². The predicted octanol–water partition coefficient (Wildman–Crippen LogP) is -0.747. The molecule has 0 saturated carbocycles. The van der Waals surface area contributed by atoms with Gasteiger partial charge in [-0.15, -0.1) is 0 Å². The van der Waals surface area contributed by atoms with Crippen LogP contribution < -0.4 is 10.1 Å². The molecule has 1 aliphatic rings. The minimum Gasteiger partial charge on any atom is -0.858 e. The molecule has 0 fully saturated rings. The lowest BCUT2D eigenvalue weighted by Gasteiger charge is -2.20. The Balaban J connectivity index is 1.76. The van der Waals surface area contributed by atoms with Crippen LogP contribution in [0.25, 0.3) is 11.8 Å². The molecule has 51 heavy (non-hydrogen) atoms. The van der Waals surface area contributed by atoms with Crippen molar-refractivity contribution in [3.8, 4) is 11.6 Å². The number of rotatable bonds is 11. The van der Waals surface area contributed by atoms with Crippen LogP contribution in [0.1, 0.15) is 29.9 Å². The molecule has 1 aliphatic heterocycles. The first-order chi connectivity index (χ1) is 23.3. The molecule has 2 heterocycles. The lowest BCUT2D eigenvalue weighted by atomic mass is 10.1. The van der Waals surface area contributed by atoms with Crippen LogP contribution in [0.2, 0.25) is 0 Å². The molecule has 0 saturated heterocycles. The van der Waals surface area contributed by atoms with E-state index in [0.717, 1.165) is 44.2 Å². The average Bonchev–Trinajstić information content (AvgIpc) is 3.51. The Morgan fingerprint density at radius 1 is 0.706 bits per heavy atom. The summed E-state index contributed by atoms with van der Waals surface area (Å²) < 4.78 is 140. The van der Waals surface area contributed by atoms with Crippen LogP contribution in [0, 0.1) is 0 Å². The highest BCUT2D eigenvalue weighted by molar-refractivity contribution is 7.86. The maximum Gasteiger partial charge on any atom is 0.281 e. The molecular formula is C27H17N4O16S4-5. The molecule has 0 N–H and O–H groups in total. The largest absolute Gasteiger partial charge is 0.858 e. The fraction of sp³-hybridized carbons (Fsp3) is 0.0741. The molecule has 2 aromatic carbocycles. The van der Waals surface area contributed by atoms with Gasteiger partial charge in [0, 0.05) is 19.4 Å². The van der Waals surface area contributed by atoms with Crippen LogP contribution in [0.5, 0.6) is 5.88 Å². The van der Waals surface area contributed by atoms with E-state index in [1.807, 2.05) is 0 Å². The molecule has 4 rings (SSSR count). The lowest BCUT2D eigenvalue weighted by molar-refractivity contribution is -0.278. The third kappa shape index (κ3) is 8.07. The van der Waals surface area contributed by atoms with Crippen molar-refractivity contribution < 1.29 is 71.4 Å². The van der Waals surface area contributed by atoms with Crippen LogP contribution in [-0.4, -0.2) is 84.8 Å². The number of carbonyl (C=O) groups is 3. The number of hydrogen-bond donors (Lipinski definition) is 0. The Labute approximate surface area is 288 Å². The summed E-state index contributed by atoms with van der Waals surface area (Å²) in [6.07, 6.45) is 5.17. The highest BCUT2D eigenvalue weighted by Gasteiger charge is 2.35. The van der Waals surface area contributed by atoms with E-state index < -0.39 is 117 Å². The second kappa shape index (κ2) is 13.5. The van der Waals surface area contributed by atoms with Crippen molar-refractivity contribution >= 4 is 75.4 Å². The van der Waals surface area contributed by atoms with Gasteiger partial charge in [0.05, 0.1) is 36.5 Å². The first-order valence-electron chi connectivity index (χ1n) is 13.3. The molecule has 1 amide bonds. The number of ketones is 2. The zero-order valence-corrected chi connectivity index (χ0v) is 28.6. The summed E-state index contributed by atoms with van der Waals surface area (Å²) in [4.78, 5) is 33.4. The Morgan fingerprint density at radius 2 is 1.22 bits per heavy atom. The Bertz CT molecular complexity index is 2620. The number of benzene rings is 2. The normalized spacial score (nSPS) is 15.3. The van der Waals surface area contributed by atoms with Gasteiger partial charge < -0.3 is 23.3 Å². The minimum absolute atomic E-state index is 0.229. The third-order valence-corrected chi connectivity index (χ3v) is 10.0. The minimum atomic E-state index is -5.39. The topological polar surface area (TPSA) is 336 Å². The fourth-order valence-electron chi connectivity index (χ4n) is 4.40. The third-order valence-electron chi connectivity index (χ3n) is 6.60. The smallest absolute Gasteiger partial charge is 0.281 e. The highest BCUT2D eigenvalue weighted by Crippen LogP contribution is 2.33. The fourth-order valence-corrected chi connectivity index (χ4v) is 6.66. The van der Waals surface area contributed by atoms with Gasteiger partial charge in [-0.1, -0.05) is 24.3 Å². The first kappa shape index (κ1) is 38.6. The van der Waals surface area contributed by atoms with Crippen LogP contribution in [-0.2, 0) is 50.1 Å². The molecule has 0 aliphatic carbocycles. The lowest BCUT2D eigenvalue weighted by Crippen LogP contribution is -2.24. The van der Waals surface area contributed by atoms with Crippen molar-refractivity contribution in [3.05, 3.63) is 77.5 Å². The number of carbonyl (C=O) groups excluding carboxylic acids is 3. The summed E-state index contributed by atoms with van der Waals surface area (Å²) in [5.74, 6) is -4.20. The Kier molecular flexibility index (Phi) is 10.2. The number of hydrogen-bond acceptors (Lipinski definition) is 18. The van der Waals surface area contributed by atoms with Gasteiger partial charge in [0.25, 0.3) is 5.91 Å². The molecule has 0 spiro atoms. The van der Waals surface area contributed by atoms with E-state index in [1.54, 1.807) is 0 Å². The molecular weight excluding hydrogens is 765 g/mol. The summed E-state index contributed by atoms with van der Waals surface area (Å²) in [6.45, 7) is 1.92. The van der Waals surface area contributed by atoms with Crippen molar-refractivity contribution in [2.24, 2.45) is 5.10 Å². The van der Waals surface area contributed by atoms with Crippen molar-refractivity contribution in [1.29, 1.82) is 0 Å². The first-order valence-corrected chi connectivity index (χ1v) is 18.9. The number of Topliss-reactive ketones (excluding diaryl/α,β-unsaturated/α-hetero) is 2. The summed E-state index contributed by atoms with van der Waals surface area (Å²) >= 11 is 0. The van der Waals surface area contributed by atoms with Crippen LogP contribution >= 0.6 is 0 Å². The van der Waals surface area contributed by atoms with Gasteiger partial charge >= 0.3 is 0 Å². The van der Waals surface area contributed by atoms with E-state index in [1.165, 1.54) is 0 Å². The zero-order valence-electron chi connectivity index (χ0n) is 25.3. The van der Waals surface area contributed by atoms with E-state index in [0.29, 0.717) is 36.4 Å². The molecule has 0 atom stereocenters. The molecule has 0 unspecified atom stereocenters. The van der Waals surface area contributed by atoms with E-state index in [9.17, 15) is 71.4 Å². The maximum absolute atomic E-state index is 13.2. The summed E-state index contributed by atoms with van der Waals surface area (Å²) in [7, 11) is -21.2. The average molecular weight is 782 g/mol. The predicted molar refractivity (Wildman–Crippen MR) is 163 cm³/mol. The number of allylic oxidation sites excluding steroid dienone is 4. The SMILES string of the molecule is CC(=O)C1=NN(c2cc(S(=O)(=O)[O-])ccc2S(=O)(=O)[O-])C(=O)\C1=C/C=C/C=C/c1c(C(C)=O)nn(-c2cc(S(=O)(=O)[O-])ccc2S(=O)(=O)[O-])c1[O-]. The zero-order chi connectivity index (χ0) is 38.4. The molecule has 0 bridgehead atoms. The summed E-state index contributed by atoms with van der Waals surface area (Å²) in [5.41, 5.74) is -4.10. The molecule has 270 valence electrons. The summed E-state index contributed by atoms with van der Waals surface area (Å²) in [5, 5.41) is 20.9. The highest BCUT2D eigenvalue weighted by atomic mass is 32.2. The van der Waals surface area contributed by atoms with Gasteiger partial charge in [0.15, 0.2) is 11.6 Å². The van der Waals surface area contributed by atoms with Crippen LogP contribution in [0.3, 0.4) is 0 Å². The number of nitrogens with zero attached hydrogens (tertiary/aromatic N) is 4. The van der Waals surface area contributed by atoms with E-state index >= 15 is 0 Å². The summed E-state index contributed by atoms with van der Waals surface area (Å²) in [6, 6.07) is 2.79. The van der Waals surface area contributed by atoms with E-state index in [4.69, 9.17) is 0 Å². The number of amides is 1. The number of anilines is 1. The second-order valence-corrected chi connectivity index (χ2v) is 15.5. The monoisotopic (exact) mass is 781 g/mol. The van der Waals surface area contributed by atoms with Crippen molar-refractivity contribution in [2.45, 2.75) is 33.4 Å². The van der Waals surface area contributed by atoms with Gasteiger partial charge in [-0.3, -0.25) is 14.4 Å². The van der Waals surface area contributed by atoms with Crippen LogP contribution in [0.15, 0.2) is 91.0 Å². The van der Waals surface area contributed by atoms with Crippen molar-refractivity contribution in [1.82, 2.24) is 9.78 Å². The second-order valence-electron chi connectivity index (χ2n) is 10.1. The van der Waals surface area contributed by atoms with Gasteiger partial charge in [0.2, 0.25) is 0 Å². The van der Waals surface area contributed by atoms with Gasteiger partial charge in [-0.05, 0) is 48.4 Å². The molecule has 20 nitrogen and oxygen atoms in total. The van der Waals surface area contributed by atoms with Gasteiger partial charge in [-0.25, -0.2) is 38.4 Å². The number of aromatic nitrogens is 2. The molecule has 0 radical (unpaired) electrons. The molecule has 3 aromatic rings. The molecule has 24 heteroatoms. The molecule has 1 aromatic heterocycles. The standard InChI is InChI=1S/C27H22N4O16S4/c1-14(32)24-18(26(34)30(28-24)20-12-16(48(36,37)38)8-10-22(20)50(42,43)44)6-4-3-5-7-19-25(15(2)33)29-31(27(19)35)21-13-17(49(39,40)41)9-11-23(21)51(45,46)47/h3-13,34H,1-2H3,(H,36,37,38)(H,39,40,41)(H,42,43,44)(H,45,46,47)/p-5/b5-3+,6-4+,19-7-. The van der Waals surface area contributed by atoms with E-state index in [2.05, 4.69) is 10.2 Å². The van der Waals surface area contributed by atoms with E-state index in [-0.39, 0.29) is 9.69 Å². The van der Waals surface area contributed by atoms with Crippen molar-refractivity contribution in [3.63, 3.8) is 0 Å². The quantitative estimate of drug-likeness (QED) is 0.0999. The maximum atomic E-state index is 13.2.